The summed E-state index contributed by atoms with van der Waals surface area (Å²) in [7, 11) is 1.55. The first-order valence-corrected chi connectivity index (χ1v) is 8.91. The zero-order valence-corrected chi connectivity index (χ0v) is 15.1. The van der Waals surface area contributed by atoms with E-state index in [1.165, 1.54) is 0 Å². The Morgan fingerprint density at radius 3 is 2.58 bits per heavy atom. The van der Waals surface area contributed by atoms with Gasteiger partial charge < -0.3 is 13.9 Å². The van der Waals surface area contributed by atoms with E-state index in [-0.39, 0.29) is 11.5 Å². The van der Waals surface area contributed by atoms with Crippen LogP contribution < -0.4 is 4.74 Å². The van der Waals surface area contributed by atoms with E-state index >= 15 is 0 Å². The van der Waals surface area contributed by atoms with E-state index in [4.69, 9.17) is 13.9 Å². The molecule has 0 aliphatic carbocycles. The largest absolute Gasteiger partial charge is 0.497 e. The molecule has 26 heavy (non-hydrogen) atoms. The number of benzene rings is 2. The highest BCUT2D eigenvalue weighted by molar-refractivity contribution is 7.99. The van der Waals surface area contributed by atoms with Gasteiger partial charge in [0.25, 0.3) is 5.22 Å². The molecule has 1 heterocycles. The van der Waals surface area contributed by atoms with Crippen LogP contribution in [-0.2, 0) is 9.53 Å². The SMILES string of the molecule is COc1ccc(C(=O)[C@@H](C)OC(=O)CSc2nc3ccccc3o2)cc1. The van der Waals surface area contributed by atoms with Gasteiger partial charge in [-0.1, -0.05) is 23.9 Å². The summed E-state index contributed by atoms with van der Waals surface area (Å²) < 4.78 is 15.8. The molecule has 6 nitrogen and oxygen atoms in total. The molecular formula is C19H17NO5S. The lowest BCUT2D eigenvalue weighted by atomic mass is 10.1. The average molecular weight is 371 g/mol. The van der Waals surface area contributed by atoms with Crippen LogP contribution in [0.15, 0.2) is 58.2 Å². The van der Waals surface area contributed by atoms with Crippen molar-refractivity contribution in [3.63, 3.8) is 0 Å². The Labute approximate surface area is 154 Å². The topological polar surface area (TPSA) is 78.6 Å². The van der Waals surface area contributed by atoms with Crippen LogP contribution in [-0.4, -0.2) is 35.7 Å². The third-order valence-electron chi connectivity index (χ3n) is 3.64. The number of hydrogen-bond donors (Lipinski definition) is 0. The maximum atomic E-state index is 12.3. The predicted octanol–water partition coefficient (Wildman–Crippen LogP) is 3.74. The van der Waals surface area contributed by atoms with E-state index in [0.717, 1.165) is 17.3 Å². The number of thioether (sulfide) groups is 1. The third kappa shape index (κ3) is 4.23. The van der Waals surface area contributed by atoms with Crippen molar-refractivity contribution in [1.29, 1.82) is 0 Å². The molecule has 0 saturated heterocycles. The summed E-state index contributed by atoms with van der Waals surface area (Å²) in [5.74, 6) is -0.118. The van der Waals surface area contributed by atoms with E-state index < -0.39 is 12.1 Å². The number of hydrogen-bond acceptors (Lipinski definition) is 7. The van der Waals surface area contributed by atoms with Crippen LogP contribution in [0.25, 0.3) is 11.1 Å². The van der Waals surface area contributed by atoms with E-state index in [0.29, 0.717) is 22.1 Å². The number of carbonyl (C=O) groups is 2. The van der Waals surface area contributed by atoms with Crippen LogP contribution >= 0.6 is 11.8 Å². The molecule has 1 atom stereocenters. The van der Waals surface area contributed by atoms with Crippen molar-refractivity contribution in [2.24, 2.45) is 0 Å². The highest BCUT2D eigenvalue weighted by Gasteiger charge is 2.20. The minimum absolute atomic E-state index is 0.00700. The fourth-order valence-corrected chi connectivity index (χ4v) is 2.93. The van der Waals surface area contributed by atoms with Crippen molar-refractivity contribution in [1.82, 2.24) is 4.98 Å². The predicted molar refractivity (Wildman–Crippen MR) is 97.6 cm³/mol. The van der Waals surface area contributed by atoms with Crippen molar-refractivity contribution in [3.8, 4) is 5.75 Å². The van der Waals surface area contributed by atoms with Crippen LogP contribution in [0.4, 0.5) is 0 Å². The van der Waals surface area contributed by atoms with E-state index in [9.17, 15) is 9.59 Å². The number of ketones is 1. The number of oxazole rings is 1. The van der Waals surface area contributed by atoms with Crippen molar-refractivity contribution >= 4 is 34.6 Å². The second-order valence-electron chi connectivity index (χ2n) is 5.46. The van der Waals surface area contributed by atoms with Crippen molar-refractivity contribution < 1.29 is 23.5 Å². The van der Waals surface area contributed by atoms with Crippen LogP contribution in [0, 0.1) is 0 Å². The Bertz CT molecular complexity index is 886. The lowest BCUT2D eigenvalue weighted by Gasteiger charge is -2.12. The van der Waals surface area contributed by atoms with Gasteiger partial charge in [0.15, 0.2) is 11.7 Å². The zero-order chi connectivity index (χ0) is 18.5. The molecule has 0 aliphatic heterocycles. The Hall–Kier alpha value is -2.80. The van der Waals surface area contributed by atoms with Gasteiger partial charge >= 0.3 is 5.97 Å². The maximum absolute atomic E-state index is 12.3. The quantitative estimate of drug-likeness (QED) is 0.355. The number of Topliss-reactive ketones (excluding diaryl/α,β-unsaturated/α-hetero) is 1. The first-order valence-electron chi connectivity index (χ1n) is 7.93. The van der Waals surface area contributed by atoms with Gasteiger partial charge in [-0.3, -0.25) is 9.59 Å². The summed E-state index contributed by atoms with van der Waals surface area (Å²) >= 11 is 1.13. The van der Waals surface area contributed by atoms with Crippen LogP contribution in [0.5, 0.6) is 5.75 Å². The minimum atomic E-state index is -0.875. The minimum Gasteiger partial charge on any atom is -0.497 e. The molecule has 0 unspecified atom stereocenters. The van der Waals surface area contributed by atoms with Crippen molar-refractivity contribution in [2.45, 2.75) is 18.3 Å². The fourth-order valence-electron chi connectivity index (χ4n) is 2.31. The summed E-state index contributed by atoms with van der Waals surface area (Å²) in [6.07, 6.45) is -0.875. The molecule has 0 amide bonds. The maximum Gasteiger partial charge on any atom is 0.317 e. The van der Waals surface area contributed by atoms with Crippen molar-refractivity contribution in [2.75, 3.05) is 12.9 Å². The van der Waals surface area contributed by atoms with Crippen LogP contribution in [0.3, 0.4) is 0 Å². The van der Waals surface area contributed by atoms with Crippen LogP contribution in [0.2, 0.25) is 0 Å². The van der Waals surface area contributed by atoms with Gasteiger partial charge in [0.1, 0.15) is 17.0 Å². The molecule has 2 aromatic carbocycles. The lowest BCUT2D eigenvalue weighted by molar-refractivity contribution is -0.143. The number of fused-ring (bicyclic) bond motifs is 1. The summed E-state index contributed by atoms with van der Waals surface area (Å²) in [5.41, 5.74) is 1.84. The van der Waals surface area contributed by atoms with Gasteiger partial charge in [-0.05, 0) is 43.3 Å². The lowest BCUT2D eigenvalue weighted by Crippen LogP contribution is -2.25. The molecule has 0 bridgehead atoms. The molecular weight excluding hydrogens is 354 g/mol. The third-order valence-corrected chi connectivity index (χ3v) is 4.44. The van der Waals surface area contributed by atoms with Crippen molar-refractivity contribution in [3.05, 3.63) is 54.1 Å². The Morgan fingerprint density at radius 1 is 1.15 bits per heavy atom. The van der Waals surface area contributed by atoms with E-state index in [1.807, 2.05) is 18.2 Å². The molecule has 0 N–H and O–H groups in total. The number of esters is 1. The second-order valence-corrected chi connectivity index (χ2v) is 6.39. The molecule has 3 rings (SSSR count). The average Bonchev–Trinajstić information content (AvgIpc) is 3.09. The highest BCUT2D eigenvalue weighted by atomic mass is 32.2. The molecule has 0 aliphatic rings. The Morgan fingerprint density at radius 2 is 1.88 bits per heavy atom. The normalized spacial score (nSPS) is 11.9. The molecule has 0 spiro atoms. The molecule has 3 aromatic rings. The molecule has 7 heteroatoms. The number of para-hydroxylation sites is 2. The molecule has 0 fully saturated rings. The first kappa shape index (κ1) is 18.0. The Balaban J connectivity index is 1.53. The molecule has 1 aromatic heterocycles. The fraction of sp³-hybridized carbons (Fsp3) is 0.211. The van der Waals surface area contributed by atoms with Crippen LogP contribution in [0.1, 0.15) is 17.3 Å². The molecule has 0 radical (unpaired) electrons. The highest BCUT2D eigenvalue weighted by Crippen LogP contribution is 2.23. The number of ether oxygens (including phenoxy) is 2. The van der Waals surface area contributed by atoms with Gasteiger partial charge in [0.05, 0.1) is 7.11 Å². The number of carbonyl (C=O) groups excluding carboxylic acids is 2. The number of methoxy groups -OCH3 is 1. The summed E-state index contributed by atoms with van der Waals surface area (Å²) in [6, 6.07) is 14.0. The van der Waals surface area contributed by atoms with Gasteiger partial charge in [-0.25, -0.2) is 4.98 Å². The summed E-state index contributed by atoms with van der Waals surface area (Å²) in [4.78, 5) is 28.6. The van der Waals surface area contributed by atoms with Gasteiger partial charge in [-0.15, -0.1) is 0 Å². The summed E-state index contributed by atoms with van der Waals surface area (Å²) in [6.45, 7) is 1.55. The number of rotatable bonds is 7. The van der Waals surface area contributed by atoms with Gasteiger partial charge in [0.2, 0.25) is 5.78 Å². The Kier molecular flexibility index (Phi) is 5.58. The summed E-state index contributed by atoms with van der Waals surface area (Å²) in [5, 5.41) is 0.386. The van der Waals surface area contributed by atoms with E-state index in [2.05, 4.69) is 4.98 Å². The van der Waals surface area contributed by atoms with Gasteiger partial charge in [-0.2, -0.15) is 0 Å². The smallest absolute Gasteiger partial charge is 0.317 e. The first-order chi connectivity index (χ1) is 12.6. The zero-order valence-electron chi connectivity index (χ0n) is 14.3. The standard InChI is InChI=1S/C19H17NO5S/c1-12(18(22)13-7-9-14(23-2)10-8-13)24-17(21)11-26-19-20-15-5-3-4-6-16(15)25-19/h3-10,12H,11H2,1-2H3/t12-/m1/s1. The molecule has 134 valence electrons. The van der Waals surface area contributed by atoms with E-state index in [1.54, 1.807) is 44.4 Å². The molecule has 0 saturated carbocycles. The monoisotopic (exact) mass is 371 g/mol. The van der Waals surface area contributed by atoms with Gasteiger partial charge in [0, 0.05) is 5.56 Å². The number of aromatic nitrogens is 1. The number of nitrogens with zero attached hydrogens (tertiary/aromatic N) is 1. The second kappa shape index (κ2) is 8.05.